The minimum Gasteiger partial charge on any atom is -0.435 e. The van der Waals surface area contributed by atoms with Gasteiger partial charge in [0.15, 0.2) is 5.60 Å². The van der Waals surface area contributed by atoms with Crippen molar-refractivity contribution in [1.82, 2.24) is 16.1 Å². The van der Waals surface area contributed by atoms with Gasteiger partial charge in [-0.05, 0) is 70.4 Å². The first-order chi connectivity index (χ1) is 14.2. The van der Waals surface area contributed by atoms with E-state index in [-0.39, 0.29) is 6.04 Å². The molecule has 1 aliphatic carbocycles. The molecule has 1 aromatic carbocycles. The van der Waals surface area contributed by atoms with Crippen molar-refractivity contribution in [2.24, 2.45) is 11.0 Å². The summed E-state index contributed by atoms with van der Waals surface area (Å²) in [5.74, 6) is -0.890. The summed E-state index contributed by atoms with van der Waals surface area (Å²) in [4.78, 5) is 35.2. The van der Waals surface area contributed by atoms with Crippen LogP contribution in [-0.4, -0.2) is 42.3 Å². The summed E-state index contributed by atoms with van der Waals surface area (Å²) in [5, 5.41) is 9.47. The number of hydrogen-bond acceptors (Lipinski definition) is 5. The zero-order valence-electron chi connectivity index (χ0n) is 18.0. The lowest BCUT2D eigenvalue weighted by atomic mass is 9.72. The first-order valence-corrected chi connectivity index (χ1v) is 10.4. The van der Waals surface area contributed by atoms with Gasteiger partial charge in [-0.2, -0.15) is 5.10 Å². The number of ether oxygens (including phenoxy) is 1. The van der Waals surface area contributed by atoms with E-state index in [1.165, 1.54) is 7.05 Å². The van der Waals surface area contributed by atoms with Crippen LogP contribution in [0.1, 0.15) is 55.7 Å². The van der Waals surface area contributed by atoms with E-state index in [2.05, 4.69) is 39.4 Å². The Labute approximate surface area is 176 Å². The maximum atomic E-state index is 12.0. The Bertz CT molecular complexity index is 872. The molecular formula is C22H30N4O4. The Hall–Kier alpha value is -2.90. The van der Waals surface area contributed by atoms with Crippen LogP contribution < -0.4 is 16.1 Å². The number of benzene rings is 1. The van der Waals surface area contributed by atoms with Gasteiger partial charge in [0.2, 0.25) is 0 Å². The molecule has 3 rings (SSSR count). The van der Waals surface area contributed by atoms with Crippen LogP contribution in [0.5, 0.6) is 0 Å². The van der Waals surface area contributed by atoms with E-state index in [1.54, 1.807) is 0 Å². The van der Waals surface area contributed by atoms with Crippen molar-refractivity contribution in [3.05, 3.63) is 34.9 Å². The summed E-state index contributed by atoms with van der Waals surface area (Å²) < 4.78 is 5.84. The zero-order valence-corrected chi connectivity index (χ0v) is 18.0. The summed E-state index contributed by atoms with van der Waals surface area (Å²) >= 11 is 0. The quantitative estimate of drug-likeness (QED) is 0.657. The Morgan fingerprint density at radius 3 is 2.63 bits per heavy atom. The number of carbonyl (C=O) groups is 3. The molecular weight excluding hydrogens is 384 g/mol. The van der Waals surface area contributed by atoms with Gasteiger partial charge in [-0.1, -0.05) is 17.7 Å². The summed E-state index contributed by atoms with van der Waals surface area (Å²) in [6.45, 7) is 5.96. The van der Waals surface area contributed by atoms with Crippen molar-refractivity contribution in [3.8, 4) is 0 Å². The Morgan fingerprint density at radius 1 is 1.27 bits per heavy atom. The zero-order chi connectivity index (χ0) is 21.9. The van der Waals surface area contributed by atoms with Gasteiger partial charge in [0, 0.05) is 18.7 Å². The normalized spacial score (nSPS) is 24.3. The van der Waals surface area contributed by atoms with Gasteiger partial charge >= 0.3 is 17.9 Å². The molecule has 30 heavy (non-hydrogen) atoms. The van der Waals surface area contributed by atoms with Crippen LogP contribution in [0.15, 0.2) is 23.3 Å². The molecule has 1 fully saturated rings. The molecule has 0 unspecified atom stereocenters. The lowest BCUT2D eigenvalue weighted by molar-refractivity contribution is -0.139. The van der Waals surface area contributed by atoms with E-state index in [4.69, 9.17) is 4.74 Å². The number of hydrazone groups is 1. The molecule has 1 aliphatic heterocycles. The van der Waals surface area contributed by atoms with Gasteiger partial charge in [0.25, 0.3) is 0 Å². The van der Waals surface area contributed by atoms with E-state index < -0.39 is 23.5 Å². The molecule has 1 atom stereocenters. The molecule has 2 aliphatic rings. The number of likely N-dealkylation sites (N-methyl/N-ethyl adjacent to an activating group) is 1. The fraction of sp³-hybridized carbons (Fsp3) is 0.545. The molecule has 1 saturated carbocycles. The van der Waals surface area contributed by atoms with Crippen molar-refractivity contribution in [2.45, 2.75) is 64.5 Å². The SMILES string of the molecule is CNC(=O)C(=O)N[C@@H](C)CC1CCC2(CC1)OC(=O)NN=C2c1cc(C)ccc1C. The van der Waals surface area contributed by atoms with Crippen molar-refractivity contribution < 1.29 is 19.1 Å². The van der Waals surface area contributed by atoms with Crippen LogP contribution in [0.4, 0.5) is 4.79 Å². The molecule has 3 N–H and O–H groups in total. The van der Waals surface area contributed by atoms with E-state index in [0.29, 0.717) is 18.8 Å². The number of nitrogens with one attached hydrogen (secondary N) is 3. The third-order valence-electron chi connectivity index (χ3n) is 6.04. The van der Waals surface area contributed by atoms with Gasteiger partial charge in [0.1, 0.15) is 5.71 Å². The summed E-state index contributed by atoms with van der Waals surface area (Å²) in [6, 6.07) is 6.08. The molecule has 0 bridgehead atoms. The van der Waals surface area contributed by atoms with Gasteiger partial charge < -0.3 is 15.4 Å². The average Bonchev–Trinajstić information content (AvgIpc) is 2.71. The van der Waals surface area contributed by atoms with Crippen molar-refractivity contribution >= 4 is 23.6 Å². The predicted molar refractivity (Wildman–Crippen MR) is 113 cm³/mol. The number of hydrogen-bond donors (Lipinski definition) is 3. The second-order valence-electron chi connectivity index (χ2n) is 8.41. The largest absolute Gasteiger partial charge is 0.435 e. The molecule has 1 spiro atoms. The van der Waals surface area contributed by atoms with Crippen molar-refractivity contribution in [2.75, 3.05) is 7.05 Å². The minimum absolute atomic E-state index is 0.114. The van der Waals surface area contributed by atoms with Gasteiger partial charge in [-0.3, -0.25) is 9.59 Å². The lowest BCUT2D eigenvalue weighted by Gasteiger charge is -2.42. The predicted octanol–water partition coefficient (Wildman–Crippen LogP) is 2.32. The summed E-state index contributed by atoms with van der Waals surface area (Å²) in [5.41, 5.74) is 5.73. The van der Waals surface area contributed by atoms with Gasteiger partial charge in [-0.25, -0.2) is 10.2 Å². The Morgan fingerprint density at radius 2 is 1.97 bits per heavy atom. The van der Waals surface area contributed by atoms with Crippen molar-refractivity contribution in [3.63, 3.8) is 0 Å². The lowest BCUT2D eigenvalue weighted by Crippen LogP contribution is -2.52. The van der Waals surface area contributed by atoms with Gasteiger partial charge in [0.05, 0.1) is 0 Å². The summed E-state index contributed by atoms with van der Waals surface area (Å²) in [6.07, 6.45) is 3.28. The molecule has 8 nitrogen and oxygen atoms in total. The number of amides is 3. The van der Waals surface area contributed by atoms with Crippen LogP contribution in [0.2, 0.25) is 0 Å². The van der Waals surface area contributed by atoms with Crippen LogP contribution in [-0.2, 0) is 14.3 Å². The Balaban J connectivity index is 1.70. The molecule has 1 aromatic rings. The second-order valence-corrected chi connectivity index (χ2v) is 8.41. The highest BCUT2D eigenvalue weighted by molar-refractivity contribution is 6.35. The van der Waals surface area contributed by atoms with Crippen LogP contribution >= 0.6 is 0 Å². The third-order valence-corrected chi connectivity index (χ3v) is 6.04. The average molecular weight is 415 g/mol. The van der Waals surface area contributed by atoms with Crippen LogP contribution in [0.3, 0.4) is 0 Å². The second kappa shape index (κ2) is 8.85. The van der Waals surface area contributed by atoms with E-state index in [1.807, 2.05) is 20.8 Å². The van der Waals surface area contributed by atoms with Crippen LogP contribution in [0.25, 0.3) is 0 Å². The highest BCUT2D eigenvalue weighted by Gasteiger charge is 2.46. The molecule has 8 heteroatoms. The van der Waals surface area contributed by atoms with E-state index in [9.17, 15) is 14.4 Å². The Kier molecular flexibility index (Phi) is 6.43. The maximum absolute atomic E-state index is 12.0. The third kappa shape index (κ3) is 4.63. The fourth-order valence-corrected chi connectivity index (χ4v) is 4.43. The van der Waals surface area contributed by atoms with Gasteiger partial charge in [-0.15, -0.1) is 0 Å². The van der Waals surface area contributed by atoms with E-state index >= 15 is 0 Å². The highest BCUT2D eigenvalue weighted by atomic mass is 16.6. The minimum atomic E-state index is -0.730. The summed E-state index contributed by atoms with van der Waals surface area (Å²) in [7, 11) is 1.43. The highest BCUT2D eigenvalue weighted by Crippen LogP contribution is 2.41. The molecule has 0 saturated heterocycles. The number of aryl methyl sites for hydroxylation is 2. The molecule has 1 heterocycles. The monoisotopic (exact) mass is 414 g/mol. The molecule has 0 radical (unpaired) electrons. The molecule has 3 amide bonds. The topological polar surface area (TPSA) is 109 Å². The first kappa shape index (κ1) is 21.8. The number of rotatable bonds is 4. The first-order valence-electron chi connectivity index (χ1n) is 10.4. The smallest absolute Gasteiger partial charge is 0.428 e. The molecule has 162 valence electrons. The standard InChI is InChI=1S/C22H30N4O4/c1-13-5-6-14(2)17(11-13)18-22(30-21(29)26-25-18)9-7-16(8-10-22)12-15(3)24-20(28)19(27)23-4/h5-6,11,15-16H,7-10,12H2,1-4H3,(H,23,27)(H,24,28)(H,26,29)/t15-,16?,22?/m0/s1. The number of nitrogens with zero attached hydrogens (tertiary/aromatic N) is 1. The van der Waals surface area contributed by atoms with Crippen molar-refractivity contribution in [1.29, 1.82) is 0 Å². The number of carbonyl (C=O) groups excluding carboxylic acids is 3. The molecule has 0 aromatic heterocycles. The fourth-order valence-electron chi connectivity index (χ4n) is 4.43. The van der Waals surface area contributed by atoms with Crippen LogP contribution in [0, 0.1) is 19.8 Å². The van der Waals surface area contributed by atoms with E-state index in [0.717, 1.165) is 41.7 Å². The maximum Gasteiger partial charge on any atom is 0.428 e.